The highest BCUT2D eigenvalue weighted by Gasteiger charge is 2.19. The Hall–Kier alpha value is -3.66. The summed E-state index contributed by atoms with van der Waals surface area (Å²) in [5.74, 6) is -0.0246. The van der Waals surface area contributed by atoms with Gasteiger partial charge in [0.15, 0.2) is 18.5 Å². The largest absolute Gasteiger partial charge is 0.478 e. The van der Waals surface area contributed by atoms with Crippen molar-refractivity contribution >= 4 is 5.97 Å². The SMILES string of the molecule is CC(Oc1ccccc1C#N)C(=O)OCc1ncc(-c2ccc(F)cc2)o1. The molecule has 0 N–H and O–H groups in total. The Morgan fingerprint density at radius 2 is 2.00 bits per heavy atom. The third-order valence-corrected chi connectivity index (χ3v) is 3.66. The van der Waals surface area contributed by atoms with Crippen LogP contribution in [-0.4, -0.2) is 17.1 Å². The molecule has 1 atom stereocenters. The van der Waals surface area contributed by atoms with E-state index in [4.69, 9.17) is 19.2 Å². The number of oxazole rings is 1. The van der Waals surface area contributed by atoms with E-state index in [1.54, 1.807) is 36.4 Å². The Morgan fingerprint density at radius 3 is 2.74 bits per heavy atom. The summed E-state index contributed by atoms with van der Waals surface area (Å²) in [6, 6.07) is 14.4. The van der Waals surface area contributed by atoms with Gasteiger partial charge in [0.25, 0.3) is 0 Å². The van der Waals surface area contributed by atoms with Crippen LogP contribution in [0.15, 0.2) is 59.1 Å². The van der Waals surface area contributed by atoms with Crippen LogP contribution in [0.2, 0.25) is 0 Å². The average molecular weight is 366 g/mol. The van der Waals surface area contributed by atoms with Gasteiger partial charge in [-0.25, -0.2) is 14.2 Å². The van der Waals surface area contributed by atoms with Crippen LogP contribution in [0, 0.1) is 17.1 Å². The quantitative estimate of drug-likeness (QED) is 0.616. The summed E-state index contributed by atoms with van der Waals surface area (Å²) < 4.78 is 29.1. The summed E-state index contributed by atoms with van der Waals surface area (Å²) in [5, 5.41) is 9.05. The van der Waals surface area contributed by atoms with Crippen LogP contribution in [0.4, 0.5) is 4.39 Å². The molecular formula is C20H15FN2O4. The van der Waals surface area contributed by atoms with Crippen molar-refractivity contribution in [2.75, 3.05) is 0 Å². The molecule has 3 aromatic rings. The van der Waals surface area contributed by atoms with Crippen molar-refractivity contribution in [1.82, 2.24) is 4.98 Å². The number of carbonyl (C=O) groups is 1. The summed E-state index contributed by atoms with van der Waals surface area (Å²) >= 11 is 0. The Bertz CT molecular complexity index is 976. The molecule has 0 amide bonds. The second kappa shape index (κ2) is 8.15. The van der Waals surface area contributed by atoms with Gasteiger partial charge < -0.3 is 13.9 Å². The van der Waals surface area contributed by atoms with Crippen LogP contribution < -0.4 is 4.74 Å². The number of aromatic nitrogens is 1. The Morgan fingerprint density at radius 1 is 1.26 bits per heavy atom. The molecule has 0 fully saturated rings. The van der Waals surface area contributed by atoms with E-state index in [1.165, 1.54) is 25.3 Å². The zero-order valence-electron chi connectivity index (χ0n) is 14.4. The highest BCUT2D eigenvalue weighted by atomic mass is 19.1. The van der Waals surface area contributed by atoms with E-state index in [9.17, 15) is 9.18 Å². The van der Waals surface area contributed by atoms with E-state index in [2.05, 4.69) is 4.98 Å². The monoisotopic (exact) mass is 366 g/mol. The number of ether oxygens (including phenoxy) is 2. The normalized spacial score (nSPS) is 11.4. The summed E-state index contributed by atoms with van der Waals surface area (Å²) in [7, 11) is 0. The van der Waals surface area contributed by atoms with Crippen LogP contribution in [0.1, 0.15) is 18.4 Å². The second-order valence-electron chi connectivity index (χ2n) is 5.60. The molecule has 0 saturated heterocycles. The van der Waals surface area contributed by atoms with Gasteiger partial charge in [-0.05, 0) is 43.3 Å². The number of para-hydroxylation sites is 1. The second-order valence-corrected chi connectivity index (χ2v) is 5.60. The Balaban J connectivity index is 1.57. The fourth-order valence-electron chi connectivity index (χ4n) is 2.28. The van der Waals surface area contributed by atoms with Crippen molar-refractivity contribution in [3.8, 4) is 23.1 Å². The van der Waals surface area contributed by atoms with Crippen molar-refractivity contribution in [3.05, 3.63) is 72.0 Å². The predicted octanol–water partition coefficient (Wildman–Crippen LogP) is 3.86. The molecule has 0 aliphatic rings. The van der Waals surface area contributed by atoms with Gasteiger partial charge in [-0.1, -0.05) is 12.1 Å². The maximum atomic E-state index is 13.0. The minimum Gasteiger partial charge on any atom is -0.478 e. The molecule has 0 spiro atoms. The number of hydrogen-bond donors (Lipinski definition) is 0. The average Bonchev–Trinajstić information content (AvgIpc) is 3.16. The van der Waals surface area contributed by atoms with Gasteiger partial charge in [0, 0.05) is 5.56 Å². The van der Waals surface area contributed by atoms with Crippen molar-refractivity contribution < 1.29 is 23.1 Å². The fraction of sp³-hybridized carbons (Fsp3) is 0.150. The maximum Gasteiger partial charge on any atom is 0.347 e. The van der Waals surface area contributed by atoms with Gasteiger partial charge in [0.1, 0.15) is 17.6 Å². The zero-order valence-corrected chi connectivity index (χ0v) is 14.4. The number of nitriles is 1. The number of carbonyl (C=O) groups excluding carboxylic acids is 1. The summed E-state index contributed by atoms with van der Waals surface area (Å²) in [6.07, 6.45) is 0.561. The molecule has 0 aliphatic carbocycles. The van der Waals surface area contributed by atoms with Crippen LogP contribution in [0.3, 0.4) is 0 Å². The van der Waals surface area contributed by atoms with Gasteiger partial charge in [-0.2, -0.15) is 5.26 Å². The van der Waals surface area contributed by atoms with Gasteiger partial charge in [-0.15, -0.1) is 0 Å². The van der Waals surface area contributed by atoms with Gasteiger partial charge >= 0.3 is 5.97 Å². The van der Waals surface area contributed by atoms with Gasteiger partial charge in [0.2, 0.25) is 5.89 Å². The summed E-state index contributed by atoms with van der Waals surface area (Å²) in [4.78, 5) is 16.1. The fourth-order valence-corrected chi connectivity index (χ4v) is 2.28. The lowest BCUT2D eigenvalue weighted by Crippen LogP contribution is -2.26. The Labute approximate surface area is 154 Å². The predicted molar refractivity (Wildman–Crippen MR) is 92.9 cm³/mol. The number of hydrogen-bond acceptors (Lipinski definition) is 6. The molecule has 1 unspecified atom stereocenters. The van der Waals surface area contributed by atoms with Crippen molar-refractivity contribution in [3.63, 3.8) is 0 Å². The first-order valence-corrected chi connectivity index (χ1v) is 8.10. The number of esters is 1. The van der Waals surface area contributed by atoms with Crippen LogP contribution in [-0.2, 0) is 16.1 Å². The van der Waals surface area contributed by atoms with Crippen molar-refractivity contribution in [1.29, 1.82) is 5.26 Å². The molecule has 0 radical (unpaired) electrons. The molecule has 6 nitrogen and oxygen atoms in total. The van der Waals surface area contributed by atoms with E-state index >= 15 is 0 Å². The summed E-state index contributed by atoms with van der Waals surface area (Å²) in [5.41, 5.74) is 0.986. The highest BCUT2D eigenvalue weighted by Crippen LogP contribution is 2.21. The van der Waals surface area contributed by atoms with Gasteiger partial charge in [-0.3, -0.25) is 0 Å². The standard InChI is InChI=1S/C20H15FN2O4/c1-13(26-17-5-3-2-4-15(17)10-22)20(24)25-12-19-23-11-18(27-19)14-6-8-16(21)9-7-14/h2-9,11,13H,12H2,1H3. The van der Waals surface area contributed by atoms with E-state index in [-0.39, 0.29) is 18.3 Å². The molecule has 7 heteroatoms. The van der Waals surface area contributed by atoms with Crippen molar-refractivity contribution in [2.24, 2.45) is 0 Å². The molecule has 2 aromatic carbocycles. The number of rotatable bonds is 6. The first-order valence-electron chi connectivity index (χ1n) is 8.10. The van der Waals surface area contributed by atoms with E-state index < -0.39 is 12.1 Å². The third kappa shape index (κ3) is 4.50. The highest BCUT2D eigenvalue weighted by molar-refractivity contribution is 5.74. The maximum absolute atomic E-state index is 13.0. The molecule has 0 saturated carbocycles. The lowest BCUT2D eigenvalue weighted by molar-refractivity contribution is -0.153. The topological polar surface area (TPSA) is 85.3 Å². The molecule has 0 aliphatic heterocycles. The van der Waals surface area contributed by atoms with E-state index in [0.717, 1.165) is 0 Å². The first-order chi connectivity index (χ1) is 13.1. The Kier molecular flexibility index (Phi) is 5.47. The molecule has 1 aromatic heterocycles. The third-order valence-electron chi connectivity index (χ3n) is 3.66. The molecule has 136 valence electrons. The lowest BCUT2D eigenvalue weighted by Gasteiger charge is -2.14. The zero-order chi connectivity index (χ0) is 19.2. The molecular weight excluding hydrogens is 351 g/mol. The molecule has 3 rings (SSSR count). The number of benzene rings is 2. The van der Waals surface area contributed by atoms with Gasteiger partial charge in [0.05, 0.1) is 11.8 Å². The van der Waals surface area contributed by atoms with E-state index in [1.807, 2.05) is 6.07 Å². The molecule has 1 heterocycles. The van der Waals surface area contributed by atoms with Crippen molar-refractivity contribution in [2.45, 2.75) is 19.6 Å². The summed E-state index contributed by atoms with van der Waals surface area (Å²) in [6.45, 7) is 1.35. The first kappa shape index (κ1) is 18.1. The van der Waals surface area contributed by atoms with Crippen LogP contribution in [0.5, 0.6) is 5.75 Å². The minimum absolute atomic E-state index is 0.173. The molecule has 27 heavy (non-hydrogen) atoms. The lowest BCUT2D eigenvalue weighted by atomic mass is 10.2. The molecule has 0 bridgehead atoms. The van der Waals surface area contributed by atoms with E-state index in [0.29, 0.717) is 22.6 Å². The van der Waals surface area contributed by atoms with Crippen LogP contribution in [0.25, 0.3) is 11.3 Å². The smallest absolute Gasteiger partial charge is 0.347 e. The number of nitrogens with zero attached hydrogens (tertiary/aromatic N) is 2. The minimum atomic E-state index is -0.911. The van der Waals surface area contributed by atoms with Crippen LogP contribution >= 0.6 is 0 Å². The number of halogens is 1.